The van der Waals surface area contributed by atoms with Gasteiger partial charge < -0.3 is 15.0 Å². The number of hydrogen-bond donors (Lipinski definition) is 1. The average molecular weight is 417 g/mol. The fourth-order valence-corrected chi connectivity index (χ4v) is 4.08. The van der Waals surface area contributed by atoms with Gasteiger partial charge in [0, 0.05) is 50.7 Å². The van der Waals surface area contributed by atoms with Gasteiger partial charge in [-0.15, -0.1) is 0 Å². The van der Waals surface area contributed by atoms with Gasteiger partial charge in [0.1, 0.15) is 5.75 Å². The summed E-state index contributed by atoms with van der Waals surface area (Å²) in [6.45, 7) is 4.10. The number of methoxy groups -OCH3 is 1. The van der Waals surface area contributed by atoms with Crippen LogP contribution in [-0.4, -0.2) is 55.6 Å². The summed E-state index contributed by atoms with van der Waals surface area (Å²) < 4.78 is 5.54. The highest BCUT2D eigenvalue weighted by molar-refractivity contribution is 5.94. The second kappa shape index (κ2) is 10.1. The van der Waals surface area contributed by atoms with Gasteiger partial charge in [0.15, 0.2) is 0 Å². The molecule has 6 heteroatoms. The average Bonchev–Trinajstić information content (AvgIpc) is 2.85. The number of piperazine rings is 1. The summed E-state index contributed by atoms with van der Waals surface area (Å²) in [6, 6.07) is 21.6. The molecule has 1 aromatic heterocycles. The van der Waals surface area contributed by atoms with E-state index in [4.69, 9.17) is 4.74 Å². The van der Waals surface area contributed by atoms with Gasteiger partial charge in [0.2, 0.25) is 0 Å². The molecule has 1 amide bonds. The molecule has 2 heterocycles. The zero-order chi connectivity index (χ0) is 21.5. The van der Waals surface area contributed by atoms with Crippen LogP contribution in [-0.2, 0) is 0 Å². The molecule has 4 rings (SSSR count). The molecular weight excluding hydrogens is 388 g/mol. The standard InChI is InChI=1S/C25H28N4O2/c1-31-24-12-6-5-11-22(24)28-14-16-29(17-15-28)23(21-10-7-13-26-18-21)19-27-25(30)20-8-3-2-4-9-20/h2-13,18,23H,14-17,19H2,1H3,(H,27,30)/t23-/m0/s1. The Morgan fingerprint density at radius 3 is 2.45 bits per heavy atom. The first-order valence-electron chi connectivity index (χ1n) is 10.6. The van der Waals surface area contributed by atoms with Crippen molar-refractivity contribution in [2.45, 2.75) is 6.04 Å². The van der Waals surface area contributed by atoms with Gasteiger partial charge in [-0.3, -0.25) is 14.7 Å². The summed E-state index contributed by atoms with van der Waals surface area (Å²) in [5, 5.41) is 3.11. The maximum Gasteiger partial charge on any atom is 0.251 e. The first-order chi connectivity index (χ1) is 15.3. The highest BCUT2D eigenvalue weighted by Crippen LogP contribution is 2.30. The lowest BCUT2D eigenvalue weighted by atomic mass is 10.1. The number of benzene rings is 2. The van der Waals surface area contributed by atoms with Crippen molar-refractivity contribution < 1.29 is 9.53 Å². The number of carbonyl (C=O) groups is 1. The summed E-state index contributed by atoms with van der Waals surface area (Å²) in [5.74, 6) is 0.844. The van der Waals surface area contributed by atoms with Crippen molar-refractivity contribution in [3.05, 3.63) is 90.3 Å². The second-order valence-corrected chi connectivity index (χ2v) is 7.57. The van der Waals surface area contributed by atoms with Crippen LogP contribution in [0.4, 0.5) is 5.69 Å². The van der Waals surface area contributed by atoms with Gasteiger partial charge in [0.25, 0.3) is 5.91 Å². The van der Waals surface area contributed by atoms with Crippen molar-refractivity contribution in [1.82, 2.24) is 15.2 Å². The predicted molar refractivity (Wildman–Crippen MR) is 123 cm³/mol. The first kappa shape index (κ1) is 20.9. The number of rotatable bonds is 7. The van der Waals surface area contributed by atoms with Crippen molar-refractivity contribution in [3.63, 3.8) is 0 Å². The van der Waals surface area contributed by atoms with Crippen LogP contribution in [0.2, 0.25) is 0 Å². The second-order valence-electron chi connectivity index (χ2n) is 7.57. The third-order valence-corrected chi connectivity index (χ3v) is 5.74. The largest absolute Gasteiger partial charge is 0.495 e. The topological polar surface area (TPSA) is 57.7 Å². The molecule has 0 aliphatic carbocycles. The fraction of sp³-hybridized carbons (Fsp3) is 0.280. The van der Waals surface area contributed by atoms with Crippen LogP contribution in [0.25, 0.3) is 0 Å². The summed E-state index contributed by atoms with van der Waals surface area (Å²) >= 11 is 0. The normalized spacial score (nSPS) is 15.3. The Kier molecular flexibility index (Phi) is 6.79. The maximum absolute atomic E-state index is 12.6. The maximum atomic E-state index is 12.6. The van der Waals surface area contributed by atoms with Crippen LogP contribution >= 0.6 is 0 Å². The minimum absolute atomic E-state index is 0.0536. The Bertz CT molecular complexity index is 973. The molecular formula is C25H28N4O2. The van der Waals surface area contributed by atoms with Crippen LogP contribution in [0.5, 0.6) is 5.75 Å². The van der Waals surface area contributed by atoms with E-state index in [2.05, 4.69) is 32.2 Å². The lowest BCUT2D eigenvalue weighted by molar-refractivity contribution is 0.0930. The lowest BCUT2D eigenvalue weighted by Gasteiger charge is -2.40. The Morgan fingerprint density at radius 1 is 1.00 bits per heavy atom. The van der Waals surface area contributed by atoms with Gasteiger partial charge in [-0.2, -0.15) is 0 Å². The summed E-state index contributed by atoms with van der Waals surface area (Å²) in [6.07, 6.45) is 3.68. The Morgan fingerprint density at radius 2 is 1.74 bits per heavy atom. The molecule has 1 atom stereocenters. The number of para-hydroxylation sites is 2. The number of aromatic nitrogens is 1. The molecule has 160 valence electrons. The van der Waals surface area contributed by atoms with E-state index in [1.165, 1.54) is 0 Å². The zero-order valence-corrected chi connectivity index (χ0v) is 17.8. The number of pyridine rings is 1. The van der Waals surface area contributed by atoms with Crippen molar-refractivity contribution in [2.75, 3.05) is 44.7 Å². The number of amides is 1. The molecule has 1 fully saturated rings. The zero-order valence-electron chi connectivity index (χ0n) is 17.8. The minimum atomic E-state index is -0.0536. The molecule has 3 aromatic rings. The van der Waals surface area contributed by atoms with E-state index in [9.17, 15) is 4.79 Å². The first-order valence-corrected chi connectivity index (χ1v) is 10.6. The molecule has 0 unspecified atom stereocenters. The third kappa shape index (κ3) is 5.03. The number of nitrogens with zero attached hydrogens (tertiary/aromatic N) is 3. The van der Waals surface area contributed by atoms with Gasteiger partial charge in [-0.05, 0) is 35.9 Å². The Balaban J connectivity index is 1.45. The van der Waals surface area contributed by atoms with Crippen LogP contribution in [0.1, 0.15) is 22.0 Å². The van der Waals surface area contributed by atoms with Crippen LogP contribution in [0.15, 0.2) is 79.1 Å². The highest BCUT2D eigenvalue weighted by Gasteiger charge is 2.27. The summed E-state index contributed by atoms with van der Waals surface area (Å²) in [5.41, 5.74) is 2.91. The molecule has 0 bridgehead atoms. The monoisotopic (exact) mass is 416 g/mol. The molecule has 31 heavy (non-hydrogen) atoms. The van der Waals surface area contributed by atoms with E-state index in [0.29, 0.717) is 12.1 Å². The third-order valence-electron chi connectivity index (χ3n) is 5.74. The number of nitrogens with one attached hydrogen (secondary N) is 1. The van der Waals surface area contributed by atoms with Crippen molar-refractivity contribution in [2.24, 2.45) is 0 Å². The van der Waals surface area contributed by atoms with E-state index >= 15 is 0 Å². The highest BCUT2D eigenvalue weighted by atomic mass is 16.5. The van der Waals surface area contributed by atoms with Gasteiger partial charge in [-0.25, -0.2) is 0 Å². The van der Waals surface area contributed by atoms with Gasteiger partial charge in [0.05, 0.1) is 18.8 Å². The molecule has 1 N–H and O–H groups in total. The van der Waals surface area contributed by atoms with Crippen LogP contribution < -0.4 is 15.0 Å². The number of anilines is 1. The van der Waals surface area contributed by atoms with Crippen molar-refractivity contribution in [3.8, 4) is 5.75 Å². The van der Waals surface area contributed by atoms with E-state index in [-0.39, 0.29) is 11.9 Å². The summed E-state index contributed by atoms with van der Waals surface area (Å²) in [4.78, 5) is 21.7. The van der Waals surface area contributed by atoms with Crippen molar-refractivity contribution in [1.29, 1.82) is 0 Å². The van der Waals surface area contributed by atoms with Gasteiger partial charge >= 0.3 is 0 Å². The smallest absolute Gasteiger partial charge is 0.251 e. The lowest BCUT2D eigenvalue weighted by Crippen LogP contribution is -2.50. The summed E-state index contributed by atoms with van der Waals surface area (Å²) in [7, 11) is 1.71. The van der Waals surface area contributed by atoms with E-state index < -0.39 is 0 Å². The fourth-order valence-electron chi connectivity index (χ4n) is 4.08. The van der Waals surface area contributed by atoms with Crippen LogP contribution in [0, 0.1) is 0 Å². The number of hydrogen-bond acceptors (Lipinski definition) is 5. The number of carbonyl (C=O) groups excluding carboxylic acids is 1. The molecule has 1 aliphatic heterocycles. The van der Waals surface area contributed by atoms with Crippen molar-refractivity contribution >= 4 is 11.6 Å². The molecule has 0 radical (unpaired) electrons. The predicted octanol–water partition coefficient (Wildman–Crippen LogP) is 3.38. The number of ether oxygens (including phenoxy) is 1. The Hall–Kier alpha value is -3.38. The van der Waals surface area contributed by atoms with Crippen LogP contribution in [0.3, 0.4) is 0 Å². The van der Waals surface area contributed by atoms with E-state index in [0.717, 1.165) is 43.2 Å². The molecule has 0 spiro atoms. The molecule has 1 aliphatic rings. The molecule has 1 saturated heterocycles. The molecule has 0 saturated carbocycles. The SMILES string of the molecule is COc1ccccc1N1CCN([C@@H](CNC(=O)c2ccccc2)c2cccnc2)CC1. The Labute approximate surface area is 183 Å². The van der Waals surface area contributed by atoms with Gasteiger partial charge in [-0.1, -0.05) is 36.4 Å². The quantitative estimate of drug-likeness (QED) is 0.640. The van der Waals surface area contributed by atoms with E-state index in [1.54, 1.807) is 13.3 Å². The molecule has 2 aromatic carbocycles. The molecule has 6 nitrogen and oxygen atoms in total. The van der Waals surface area contributed by atoms with E-state index in [1.807, 2.05) is 60.8 Å². The minimum Gasteiger partial charge on any atom is -0.495 e.